The number of sulfonamides is 1. The Kier molecular flexibility index (Phi) is 8.40. The molecule has 168 valence electrons. The van der Waals surface area contributed by atoms with Gasteiger partial charge in [0.05, 0.1) is 24.8 Å². The van der Waals surface area contributed by atoms with Gasteiger partial charge in [0.25, 0.3) is 5.91 Å². The lowest BCUT2D eigenvalue weighted by Gasteiger charge is -2.15. The van der Waals surface area contributed by atoms with Crippen molar-refractivity contribution in [3.63, 3.8) is 0 Å². The second-order valence-corrected chi connectivity index (χ2v) is 8.86. The molecule has 2 aromatic rings. The van der Waals surface area contributed by atoms with E-state index in [1.807, 2.05) is 12.1 Å². The third-order valence-electron chi connectivity index (χ3n) is 4.36. The number of esters is 1. The Hall–Kier alpha value is -3.11. The molecule has 0 radical (unpaired) electrons. The van der Waals surface area contributed by atoms with Crippen LogP contribution < -0.4 is 14.8 Å². The average Bonchev–Trinajstić information content (AvgIpc) is 2.76. The number of methoxy groups -OCH3 is 2. The summed E-state index contributed by atoms with van der Waals surface area (Å²) in [5.41, 5.74) is 1.09. The maximum Gasteiger partial charge on any atom is 0.306 e. The summed E-state index contributed by atoms with van der Waals surface area (Å²) in [4.78, 5) is 24.1. The fourth-order valence-electron chi connectivity index (χ4n) is 2.60. The number of carbonyl (C=O) groups is 2. The number of nitrogens with zero attached hydrogens (tertiary/aromatic N) is 1. The summed E-state index contributed by atoms with van der Waals surface area (Å²) in [6.45, 7) is -0.505. The van der Waals surface area contributed by atoms with Gasteiger partial charge < -0.3 is 19.5 Å². The Bertz CT molecular complexity index is 1020. The monoisotopic (exact) mass is 450 g/mol. The fraction of sp³-hybridized carbons (Fsp3) is 0.333. The molecule has 1 amide bonds. The maximum absolute atomic E-state index is 12.3. The molecule has 2 aromatic carbocycles. The molecule has 0 heterocycles. The summed E-state index contributed by atoms with van der Waals surface area (Å²) >= 11 is 0. The third-order valence-corrected chi connectivity index (χ3v) is 6.18. The van der Waals surface area contributed by atoms with E-state index in [2.05, 4.69) is 5.32 Å². The van der Waals surface area contributed by atoms with Crippen LogP contribution in [0.5, 0.6) is 11.5 Å². The molecule has 0 aromatic heterocycles. The van der Waals surface area contributed by atoms with Crippen molar-refractivity contribution in [3.8, 4) is 11.5 Å². The summed E-state index contributed by atoms with van der Waals surface area (Å²) < 4.78 is 40.9. The van der Waals surface area contributed by atoms with Gasteiger partial charge in [-0.1, -0.05) is 12.1 Å². The number of ether oxygens (including phenoxy) is 3. The summed E-state index contributed by atoms with van der Waals surface area (Å²) in [5, 5.41) is 2.52. The van der Waals surface area contributed by atoms with E-state index < -0.39 is 28.5 Å². The second-order valence-electron chi connectivity index (χ2n) is 6.71. The molecule has 0 fully saturated rings. The van der Waals surface area contributed by atoms with Crippen LogP contribution in [-0.4, -0.2) is 59.5 Å². The molecule has 2 rings (SSSR count). The zero-order chi connectivity index (χ0) is 23.0. The molecule has 0 unspecified atom stereocenters. The molecule has 31 heavy (non-hydrogen) atoms. The van der Waals surface area contributed by atoms with Crippen LogP contribution in [0.4, 0.5) is 5.69 Å². The van der Waals surface area contributed by atoms with Gasteiger partial charge in [0.2, 0.25) is 10.0 Å². The summed E-state index contributed by atoms with van der Waals surface area (Å²) in [6, 6.07) is 11.4. The van der Waals surface area contributed by atoms with E-state index >= 15 is 0 Å². The van der Waals surface area contributed by atoms with Gasteiger partial charge in [-0.15, -0.1) is 0 Å². The number of carbonyl (C=O) groups excluding carboxylic acids is 2. The van der Waals surface area contributed by atoms with Crippen LogP contribution in [0.3, 0.4) is 0 Å². The van der Waals surface area contributed by atoms with E-state index in [0.29, 0.717) is 6.42 Å². The highest BCUT2D eigenvalue weighted by molar-refractivity contribution is 7.89. The van der Waals surface area contributed by atoms with Crippen molar-refractivity contribution in [1.29, 1.82) is 0 Å². The number of anilines is 1. The highest BCUT2D eigenvalue weighted by Gasteiger charge is 2.20. The lowest BCUT2D eigenvalue weighted by molar-refractivity contribution is -0.147. The van der Waals surface area contributed by atoms with E-state index in [-0.39, 0.29) is 22.8 Å². The summed E-state index contributed by atoms with van der Waals surface area (Å²) in [6.07, 6.45) is 0.572. The number of benzene rings is 2. The highest BCUT2D eigenvalue weighted by atomic mass is 32.2. The molecule has 0 atom stereocenters. The molecule has 0 spiro atoms. The molecule has 10 heteroatoms. The number of hydrogen-bond acceptors (Lipinski definition) is 7. The minimum absolute atomic E-state index is 0.00918. The van der Waals surface area contributed by atoms with Gasteiger partial charge in [-0.3, -0.25) is 9.59 Å². The van der Waals surface area contributed by atoms with Crippen LogP contribution in [0.2, 0.25) is 0 Å². The lowest BCUT2D eigenvalue weighted by Crippen LogP contribution is -2.23. The Balaban J connectivity index is 1.93. The standard InChI is InChI=1S/C21H26N2O7S/c1-23(2)31(26,27)17-10-11-19(29-4)18(13-17)22-20(24)14-30-21(25)12-7-15-5-8-16(28-3)9-6-15/h5-6,8-11,13H,7,12,14H2,1-4H3,(H,22,24). The van der Waals surface area contributed by atoms with Gasteiger partial charge in [0.15, 0.2) is 6.61 Å². The van der Waals surface area contributed by atoms with Crippen molar-refractivity contribution in [1.82, 2.24) is 4.31 Å². The summed E-state index contributed by atoms with van der Waals surface area (Å²) in [5.74, 6) is -0.143. The predicted octanol–water partition coefficient (Wildman–Crippen LogP) is 2.07. The van der Waals surface area contributed by atoms with Crippen LogP contribution in [0.25, 0.3) is 0 Å². The SMILES string of the molecule is COc1ccc(CCC(=O)OCC(=O)Nc2cc(S(=O)(=O)N(C)C)ccc2OC)cc1. The first-order valence-electron chi connectivity index (χ1n) is 9.36. The predicted molar refractivity (Wildman–Crippen MR) is 115 cm³/mol. The molecule has 9 nitrogen and oxygen atoms in total. The van der Waals surface area contributed by atoms with E-state index in [1.165, 1.54) is 39.4 Å². The van der Waals surface area contributed by atoms with E-state index in [4.69, 9.17) is 14.2 Å². The number of amides is 1. The van der Waals surface area contributed by atoms with E-state index in [0.717, 1.165) is 15.6 Å². The number of aryl methyl sites for hydroxylation is 1. The Morgan fingerprint density at radius 3 is 2.26 bits per heavy atom. The van der Waals surface area contributed by atoms with Crippen LogP contribution in [0, 0.1) is 0 Å². The molecule has 0 saturated heterocycles. The zero-order valence-electron chi connectivity index (χ0n) is 17.9. The van der Waals surface area contributed by atoms with Crippen LogP contribution in [0.1, 0.15) is 12.0 Å². The molecule has 0 aliphatic rings. The zero-order valence-corrected chi connectivity index (χ0v) is 18.7. The van der Waals surface area contributed by atoms with Crippen molar-refractivity contribution in [3.05, 3.63) is 48.0 Å². The quantitative estimate of drug-likeness (QED) is 0.552. The molecule has 0 bridgehead atoms. The van der Waals surface area contributed by atoms with Gasteiger partial charge in [0.1, 0.15) is 11.5 Å². The first-order chi connectivity index (χ1) is 14.7. The van der Waals surface area contributed by atoms with E-state index in [1.54, 1.807) is 19.2 Å². The molecule has 0 aliphatic heterocycles. The van der Waals surface area contributed by atoms with Crippen LogP contribution in [0.15, 0.2) is 47.4 Å². The normalized spacial score (nSPS) is 11.1. The Labute approximate surface area is 182 Å². The lowest BCUT2D eigenvalue weighted by atomic mass is 10.1. The number of hydrogen-bond donors (Lipinski definition) is 1. The van der Waals surface area contributed by atoms with Gasteiger partial charge in [0, 0.05) is 20.5 Å². The van der Waals surface area contributed by atoms with Crippen molar-refractivity contribution in [2.75, 3.05) is 40.2 Å². The minimum atomic E-state index is -3.69. The average molecular weight is 451 g/mol. The van der Waals surface area contributed by atoms with Crippen LogP contribution in [-0.2, 0) is 30.8 Å². The Morgan fingerprint density at radius 1 is 1.00 bits per heavy atom. The van der Waals surface area contributed by atoms with E-state index in [9.17, 15) is 18.0 Å². The van der Waals surface area contributed by atoms with Gasteiger partial charge in [-0.05, 0) is 42.3 Å². The largest absolute Gasteiger partial charge is 0.497 e. The second kappa shape index (κ2) is 10.8. The van der Waals surface area contributed by atoms with Crippen molar-refractivity contribution < 1.29 is 32.2 Å². The molecule has 1 N–H and O–H groups in total. The maximum atomic E-state index is 12.3. The fourth-order valence-corrected chi connectivity index (χ4v) is 3.53. The molecular weight excluding hydrogens is 424 g/mol. The minimum Gasteiger partial charge on any atom is -0.497 e. The van der Waals surface area contributed by atoms with Gasteiger partial charge in [-0.25, -0.2) is 12.7 Å². The number of nitrogens with one attached hydrogen (secondary N) is 1. The topological polar surface area (TPSA) is 111 Å². The highest BCUT2D eigenvalue weighted by Crippen LogP contribution is 2.28. The number of rotatable bonds is 10. The third kappa shape index (κ3) is 6.69. The molecule has 0 aliphatic carbocycles. The smallest absolute Gasteiger partial charge is 0.306 e. The molecular formula is C21H26N2O7S. The van der Waals surface area contributed by atoms with Crippen LogP contribution >= 0.6 is 0 Å². The van der Waals surface area contributed by atoms with Crippen molar-refractivity contribution >= 4 is 27.6 Å². The Morgan fingerprint density at radius 2 is 1.68 bits per heavy atom. The molecule has 0 saturated carbocycles. The van der Waals surface area contributed by atoms with Gasteiger partial charge in [-0.2, -0.15) is 0 Å². The first kappa shape index (κ1) is 24.2. The van der Waals surface area contributed by atoms with Crippen molar-refractivity contribution in [2.45, 2.75) is 17.7 Å². The van der Waals surface area contributed by atoms with Crippen molar-refractivity contribution in [2.24, 2.45) is 0 Å². The summed E-state index contributed by atoms with van der Waals surface area (Å²) in [7, 11) is 2.09. The van der Waals surface area contributed by atoms with Gasteiger partial charge >= 0.3 is 5.97 Å². The first-order valence-corrected chi connectivity index (χ1v) is 10.8.